The molecule has 1 N–H and O–H groups in total. The Morgan fingerprint density at radius 1 is 1.39 bits per heavy atom. The first-order valence-corrected chi connectivity index (χ1v) is 6.77. The number of likely N-dealkylation sites (tertiary alicyclic amines) is 1. The van der Waals surface area contributed by atoms with E-state index in [1.807, 2.05) is 11.0 Å². The van der Waals surface area contributed by atoms with E-state index in [1.54, 1.807) is 6.20 Å². The predicted octanol–water partition coefficient (Wildman–Crippen LogP) is 2.08. The van der Waals surface area contributed by atoms with Crippen LogP contribution in [0, 0.1) is 5.92 Å². The van der Waals surface area contributed by atoms with E-state index < -0.39 is 0 Å². The monoisotopic (exact) mass is 245 g/mol. The fourth-order valence-electron chi connectivity index (χ4n) is 2.98. The molecule has 1 fully saturated rings. The Kier molecular flexibility index (Phi) is 3.17. The second-order valence-corrected chi connectivity index (χ2v) is 5.26. The molecular formula is C14H19N3O. The normalized spacial score (nSPS) is 27.7. The van der Waals surface area contributed by atoms with Crippen molar-refractivity contribution in [3.8, 4) is 0 Å². The molecule has 0 unspecified atom stereocenters. The van der Waals surface area contributed by atoms with Crippen LogP contribution >= 0.6 is 0 Å². The number of carbonyl (C=O) groups is 1. The number of amides is 1. The lowest BCUT2D eigenvalue weighted by atomic mass is 9.93. The second-order valence-electron chi connectivity index (χ2n) is 5.26. The van der Waals surface area contributed by atoms with Gasteiger partial charge in [0.1, 0.15) is 0 Å². The number of allylic oxidation sites excluding steroid dienone is 2. The van der Waals surface area contributed by atoms with E-state index in [2.05, 4.69) is 22.3 Å². The lowest BCUT2D eigenvalue weighted by Crippen LogP contribution is -2.34. The van der Waals surface area contributed by atoms with E-state index in [9.17, 15) is 4.79 Å². The molecule has 1 aliphatic heterocycles. The highest BCUT2D eigenvalue weighted by Gasteiger charge is 2.31. The van der Waals surface area contributed by atoms with E-state index in [0.717, 1.165) is 44.5 Å². The number of carbonyl (C=O) groups excluding carboxylic acids is 1. The highest BCUT2D eigenvalue weighted by atomic mass is 16.2. The molecule has 1 aromatic heterocycles. The topological polar surface area (TPSA) is 49.0 Å². The van der Waals surface area contributed by atoms with Crippen molar-refractivity contribution in [1.82, 2.24) is 15.1 Å². The number of H-pyrrole nitrogens is 1. The third-order valence-corrected chi connectivity index (χ3v) is 4.08. The van der Waals surface area contributed by atoms with E-state index in [0.29, 0.717) is 11.8 Å². The zero-order chi connectivity index (χ0) is 12.4. The largest absolute Gasteiger partial charge is 0.342 e. The molecular weight excluding hydrogens is 226 g/mol. The smallest absolute Gasteiger partial charge is 0.226 e. The van der Waals surface area contributed by atoms with Crippen LogP contribution in [-0.4, -0.2) is 34.1 Å². The van der Waals surface area contributed by atoms with Crippen molar-refractivity contribution >= 4 is 5.91 Å². The minimum Gasteiger partial charge on any atom is -0.342 e. The van der Waals surface area contributed by atoms with Gasteiger partial charge >= 0.3 is 0 Å². The third kappa shape index (κ3) is 2.19. The molecule has 0 radical (unpaired) electrons. The van der Waals surface area contributed by atoms with Gasteiger partial charge in [-0.05, 0) is 31.7 Å². The summed E-state index contributed by atoms with van der Waals surface area (Å²) in [7, 11) is 0. The maximum Gasteiger partial charge on any atom is 0.226 e. The fourth-order valence-corrected chi connectivity index (χ4v) is 2.98. The molecule has 4 nitrogen and oxygen atoms in total. The highest BCUT2D eigenvalue weighted by Crippen LogP contribution is 2.29. The van der Waals surface area contributed by atoms with Crippen molar-refractivity contribution in [1.29, 1.82) is 0 Å². The fraction of sp³-hybridized carbons (Fsp3) is 0.571. The number of aromatic nitrogens is 2. The van der Waals surface area contributed by atoms with Crippen molar-refractivity contribution in [2.75, 3.05) is 13.1 Å². The van der Waals surface area contributed by atoms with Gasteiger partial charge in [-0.3, -0.25) is 9.89 Å². The Morgan fingerprint density at radius 3 is 3.06 bits per heavy atom. The molecule has 2 atom stereocenters. The summed E-state index contributed by atoms with van der Waals surface area (Å²) in [6.45, 7) is 1.74. The molecule has 1 aromatic rings. The number of nitrogens with one attached hydrogen (secondary N) is 1. The van der Waals surface area contributed by atoms with Gasteiger partial charge in [-0.15, -0.1) is 0 Å². The zero-order valence-electron chi connectivity index (χ0n) is 10.5. The molecule has 3 rings (SSSR count). The predicted molar refractivity (Wildman–Crippen MR) is 69.0 cm³/mol. The molecule has 1 aliphatic carbocycles. The first-order chi connectivity index (χ1) is 8.84. The minimum absolute atomic E-state index is 0.218. The van der Waals surface area contributed by atoms with Crippen molar-refractivity contribution in [2.45, 2.75) is 31.6 Å². The molecule has 1 amide bonds. The molecule has 18 heavy (non-hydrogen) atoms. The zero-order valence-corrected chi connectivity index (χ0v) is 10.5. The van der Waals surface area contributed by atoms with Crippen LogP contribution in [0.25, 0.3) is 0 Å². The van der Waals surface area contributed by atoms with Gasteiger partial charge in [-0.2, -0.15) is 5.10 Å². The summed E-state index contributed by atoms with van der Waals surface area (Å²) in [5.41, 5.74) is 1.16. The number of aromatic amines is 1. The molecule has 0 aromatic carbocycles. The highest BCUT2D eigenvalue weighted by molar-refractivity contribution is 5.79. The summed E-state index contributed by atoms with van der Waals surface area (Å²) in [4.78, 5) is 14.4. The van der Waals surface area contributed by atoms with Crippen LogP contribution in [0.5, 0.6) is 0 Å². The van der Waals surface area contributed by atoms with Gasteiger partial charge in [0.15, 0.2) is 0 Å². The van der Waals surface area contributed by atoms with Crippen LogP contribution in [0.4, 0.5) is 0 Å². The summed E-state index contributed by atoms with van der Waals surface area (Å²) in [5, 5.41) is 7.01. The third-order valence-electron chi connectivity index (χ3n) is 4.08. The number of rotatable bonds is 2. The molecule has 0 saturated carbocycles. The Labute approximate surface area is 107 Å². The second kappa shape index (κ2) is 4.96. The number of hydrogen-bond acceptors (Lipinski definition) is 2. The number of nitrogens with zero attached hydrogens (tertiary/aromatic N) is 2. The quantitative estimate of drug-likeness (QED) is 0.811. The van der Waals surface area contributed by atoms with Gasteiger partial charge in [0.05, 0.1) is 0 Å². The summed E-state index contributed by atoms with van der Waals surface area (Å²) < 4.78 is 0. The maximum absolute atomic E-state index is 12.4. The SMILES string of the molecule is O=C([C@@H]1CC=CCC1)N1CC[C@@H](c2ccn[nH]2)C1. The van der Waals surface area contributed by atoms with Gasteiger partial charge in [0, 0.05) is 36.8 Å². The van der Waals surface area contributed by atoms with Crippen molar-refractivity contribution in [3.63, 3.8) is 0 Å². The average Bonchev–Trinajstić information content (AvgIpc) is 3.09. The average molecular weight is 245 g/mol. The standard InChI is InChI=1S/C14H19N3O/c18-14(11-4-2-1-3-5-11)17-9-7-12(10-17)13-6-8-15-16-13/h1-2,6,8,11-12H,3-5,7,9-10H2,(H,15,16)/t11-,12-/m1/s1. The van der Waals surface area contributed by atoms with Crippen LogP contribution in [0.1, 0.15) is 37.3 Å². The number of hydrogen-bond donors (Lipinski definition) is 1. The van der Waals surface area contributed by atoms with Crippen LogP contribution in [0.15, 0.2) is 24.4 Å². The van der Waals surface area contributed by atoms with Gasteiger partial charge in [0.25, 0.3) is 0 Å². The lowest BCUT2D eigenvalue weighted by molar-refractivity contribution is -0.134. The van der Waals surface area contributed by atoms with E-state index in [4.69, 9.17) is 0 Å². The Hall–Kier alpha value is -1.58. The van der Waals surface area contributed by atoms with Crippen molar-refractivity contribution in [3.05, 3.63) is 30.1 Å². The van der Waals surface area contributed by atoms with Gasteiger partial charge < -0.3 is 4.90 Å². The van der Waals surface area contributed by atoms with Crippen LogP contribution in [0.3, 0.4) is 0 Å². The van der Waals surface area contributed by atoms with Crippen LogP contribution < -0.4 is 0 Å². The van der Waals surface area contributed by atoms with Gasteiger partial charge in [0.2, 0.25) is 5.91 Å². The molecule has 96 valence electrons. The van der Waals surface area contributed by atoms with Crippen LogP contribution in [-0.2, 0) is 4.79 Å². The van der Waals surface area contributed by atoms with E-state index >= 15 is 0 Å². The molecule has 1 saturated heterocycles. The molecule has 2 aliphatic rings. The molecule has 4 heteroatoms. The summed E-state index contributed by atoms with van der Waals surface area (Å²) in [6, 6.07) is 2.02. The Bertz CT molecular complexity index is 438. The first kappa shape index (κ1) is 11.5. The molecule has 0 spiro atoms. The molecule has 2 heterocycles. The summed E-state index contributed by atoms with van der Waals surface area (Å²) >= 11 is 0. The summed E-state index contributed by atoms with van der Waals surface area (Å²) in [6.07, 6.45) is 10.1. The molecule has 0 bridgehead atoms. The van der Waals surface area contributed by atoms with Crippen molar-refractivity contribution in [2.24, 2.45) is 5.92 Å². The minimum atomic E-state index is 0.218. The van der Waals surface area contributed by atoms with E-state index in [1.165, 1.54) is 0 Å². The van der Waals surface area contributed by atoms with Crippen molar-refractivity contribution < 1.29 is 4.79 Å². The van der Waals surface area contributed by atoms with Gasteiger partial charge in [-0.25, -0.2) is 0 Å². The van der Waals surface area contributed by atoms with E-state index in [-0.39, 0.29) is 5.92 Å². The Morgan fingerprint density at radius 2 is 2.33 bits per heavy atom. The first-order valence-electron chi connectivity index (χ1n) is 6.77. The van der Waals surface area contributed by atoms with Gasteiger partial charge in [-0.1, -0.05) is 12.2 Å². The summed E-state index contributed by atoms with van der Waals surface area (Å²) in [5.74, 6) is 1.01. The maximum atomic E-state index is 12.4. The lowest BCUT2D eigenvalue weighted by Gasteiger charge is -2.24. The Balaban J connectivity index is 1.61. The van der Waals surface area contributed by atoms with Crippen LogP contribution in [0.2, 0.25) is 0 Å².